The van der Waals surface area contributed by atoms with Crippen LogP contribution in [0.1, 0.15) is 143 Å². The summed E-state index contributed by atoms with van der Waals surface area (Å²) in [7, 11) is -4.40. The van der Waals surface area contributed by atoms with Gasteiger partial charge in [-0.2, -0.15) is 0 Å². The van der Waals surface area contributed by atoms with Gasteiger partial charge in [0.1, 0.15) is 0 Å². The van der Waals surface area contributed by atoms with Gasteiger partial charge in [0, 0.05) is 0 Å². The fraction of sp³-hybridized carbons (Fsp3) is 0.962. The van der Waals surface area contributed by atoms with E-state index in [2.05, 4.69) is 13.8 Å². The van der Waals surface area contributed by atoms with Crippen molar-refractivity contribution in [3.8, 4) is 0 Å². The molecule has 0 bridgehead atoms. The lowest BCUT2D eigenvalue weighted by Crippen LogP contribution is -2.42. The Hall–Kier alpha value is -0.380. The maximum absolute atomic E-state index is 13.1. The molecule has 0 aromatic rings. The van der Waals surface area contributed by atoms with Crippen LogP contribution < -0.4 is 0 Å². The monoisotopic (exact) mass is 476 g/mol. The van der Waals surface area contributed by atoms with Crippen molar-refractivity contribution in [1.82, 2.24) is 0 Å². The highest BCUT2D eigenvalue weighted by Crippen LogP contribution is 2.54. The largest absolute Gasteiger partial charge is 0.466 e. The second kappa shape index (κ2) is 19.0. The molecular formula is C26H53O5P. The smallest absolute Gasteiger partial charge is 0.329 e. The third-order valence-corrected chi connectivity index (χ3v) is 8.44. The van der Waals surface area contributed by atoms with Gasteiger partial charge in [-0.3, -0.25) is 9.36 Å². The Bertz CT molecular complexity index is 482. The van der Waals surface area contributed by atoms with Crippen molar-refractivity contribution < 1.29 is 23.9 Å². The molecule has 0 heterocycles. The molecule has 0 saturated carbocycles. The van der Waals surface area contributed by atoms with Crippen LogP contribution in [-0.4, -0.2) is 28.0 Å². The number of esters is 1. The van der Waals surface area contributed by atoms with E-state index < -0.39 is 24.6 Å². The first kappa shape index (κ1) is 31.6. The summed E-state index contributed by atoms with van der Waals surface area (Å²) < 4.78 is 17.6. The molecule has 32 heavy (non-hydrogen) atoms. The summed E-state index contributed by atoms with van der Waals surface area (Å²) in [4.78, 5) is 33.0. The summed E-state index contributed by atoms with van der Waals surface area (Å²) in [6, 6.07) is 0. The molecule has 0 aliphatic carbocycles. The fourth-order valence-electron chi connectivity index (χ4n) is 4.66. The molecule has 0 aliphatic heterocycles. The maximum Gasteiger partial charge on any atom is 0.329 e. The molecule has 192 valence electrons. The molecule has 2 N–H and O–H groups in total. The van der Waals surface area contributed by atoms with Gasteiger partial charge in [0.25, 0.3) is 0 Å². The van der Waals surface area contributed by atoms with Crippen LogP contribution in [0.4, 0.5) is 0 Å². The molecule has 0 radical (unpaired) electrons. The standard InChI is InChI=1S/C26H53O5P/c1-5-8-10-12-14-16-18-20-22-26(25(27)31-7-3,24(4)32(28,29)30)23-21-19-17-15-13-11-9-6-2/h24H,5-23H2,1-4H3,(H2,28,29,30). The van der Waals surface area contributed by atoms with E-state index in [1.807, 2.05) is 0 Å². The molecular weight excluding hydrogens is 423 g/mol. The zero-order valence-corrected chi connectivity index (χ0v) is 22.5. The van der Waals surface area contributed by atoms with E-state index in [0.717, 1.165) is 38.5 Å². The molecule has 0 aromatic heterocycles. The third kappa shape index (κ3) is 13.4. The Morgan fingerprint density at radius 1 is 0.719 bits per heavy atom. The van der Waals surface area contributed by atoms with Crippen molar-refractivity contribution in [2.75, 3.05) is 6.61 Å². The molecule has 0 saturated heterocycles. The molecule has 0 rings (SSSR count). The van der Waals surface area contributed by atoms with Crippen LogP contribution in [0.25, 0.3) is 0 Å². The number of hydrogen-bond acceptors (Lipinski definition) is 3. The number of hydrogen-bond donors (Lipinski definition) is 2. The lowest BCUT2D eigenvalue weighted by molar-refractivity contribution is -0.157. The zero-order chi connectivity index (χ0) is 24.3. The van der Waals surface area contributed by atoms with Gasteiger partial charge in [-0.25, -0.2) is 0 Å². The number of carbonyl (C=O) groups is 1. The molecule has 5 nitrogen and oxygen atoms in total. The first-order valence-electron chi connectivity index (χ1n) is 13.5. The molecule has 0 aromatic carbocycles. The predicted octanol–water partition coefficient (Wildman–Crippen LogP) is 8.16. The van der Waals surface area contributed by atoms with Crippen LogP contribution in [0.15, 0.2) is 0 Å². The lowest BCUT2D eigenvalue weighted by Gasteiger charge is -2.37. The summed E-state index contributed by atoms with van der Waals surface area (Å²) in [5.74, 6) is -0.415. The Labute approximate surface area is 198 Å². The van der Waals surface area contributed by atoms with Gasteiger partial charge in [-0.1, -0.05) is 117 Å². The number of carbonyl (C=O) groups excluding carboxylic acids is 1. The molecule has 1 atom stereocenters. The number of ether oxygens (including phenoxy) is 1. The lowest BCUT2D eigenvalue weighted by atomic mass is 9.75. The molecule has 6 heteroatoms. The SMILES string of the molecule is CCCCCCCCCCC(CCCCCCCCCC)(C(=O)OCC)C(C)P(=O)(O)O. The van der Waals surface area contributed by atoms with E-state index >= 15 is 0 Å². The second-order valence-electron chi connectivity index (χ2n) is 9.59. The molecule has 0 amide bonds. The van der Waals surface area contributed by atoms with Crippen molar-refractivity contribution in [2.45, 2.75) is 149 Å². The summed E-state index contributed by atoms with van der Waals surface area (Å²) in [5.41, 5.74) is -2.09. The normalized spacial score (nSPS) is 13.3. The van der Waals surface area contributed by atoms with E-state index in [-0.39, 0.29) is 6.61 Å². The Kier molecular flexibility index (Phi) is 18.8. The van der Waals surface area contributed by atoms with Crippen LogP contribution in [0, 0.1) is 5.41 Å². The minimum absolute atomic E-state index is 0.239. The average Bonchev–Trinajstić information content (AvgIpc) is 2.75. The van der Waals surface area contributed by atoms with E-state index in [0.29, 0.717) is 12.8 Å². The Morgan fingerprint density at radius 3 is 1.38 bits per heavy atom. The second-order valence-corrected chi connectivity index (χ2v) is 11.5. The Balaban J connectivity index is 4.94. The van der Waals surface area contributed by atoms with Gasteiger partial charge in [-0.05, 0) is 26.7 Å². The highest BCUT2D eigenvalue weighted by molar-refractivity contribution is 7.52. The van der Waals surface area contributed by atoms with E-state index in [1.165, 1.54) is 64.2 Å². The van der Waals surface area contributed by atoms with Crippen molar-refractivity contribution in [1.29, 1.82) is 0 Å². The van der Waals surface area contributed by atoms with Crippen LogP contribution >= 0.6 is 7.60 Å². The summed E-state index contributed by atoms with van der Waals surface area (Å²) >= 11 is 0. The van der Waals surface area contributed by atoms with E-state index in [4.69, 9.17) is 4.74 Å². The van der Waals surface area contributed by atoms with Crippen molar-refractivity contribution >= 4 is 13.6 Å². The van der Waals surface area contributed by atoms with Gasteiger partial charge >= 0.3 is 13.6 Å². The van der Waals surface area contributed by atoms with E-state index in [9.17, 15) is 19.1 Å². The van der Waals surface area contributed by atoms with E-state index in [1.54, 1.807) is 13.8 Å². The van der Waals surface area contributed by atoms with Gasteiger partial charge < -0.3 is 14.5 Å². The summed E-state index contributed by atoms with van der Waals surface area (Å²) in [6.07, 6.45) is 19.3. The van der Waals surface area contributed by atoms with Crippen molar-refractivity contribution in [3.05, 3.63) is 0 Å². The highest BCUT2D eigenvalue weighted by Gasteiger charge is 2.50. The average molecular weight is 477 g/mol. The topological polar surface area (TPSA) is 83.8 Å². The van der Waals surface area contributed by atoms with Crippen LogP contribution in [0.2, 0.25) is 0 Å². The minimum atomic E-state index is -4.40. The number of rotatable bonds is 22. The van der Waals surface area contributed by atoms with Crippen LogP contribution in [-0.2, 0) is 14.1 Å². The maximum atomic E-state index is 13.1. The predicted molar refractivity (Wildman–Crippen MR) is 135 cm³/mol. The number of unbranched alkanes of at least 4 members (excludes halogenated alkanes) is 14. The molecule has 0 spiro atoms. The van der Waals surface area contributed by atoms with Crippen LogP contribution in [0.3, 0.4) is 0 Å². The quantitative estimate of drug-likeness (QED) is 0.0935. The molecule has 0 fully saturated rings. The Morgan fingerprint density at radius 2 is 1.06 bits per heavy atom. The summed E-state index contributed by atoms with van der Waals surface area (Å²) in [5, 5.41) is 0. The molecule has 1 unspecified atom stereocenters. The van der Waals surface area contributed by atoms with Crippen molar-refractivity contribution in [3.63, 3.8) is 0 Å². The fourth-order valence-corrected chi connectivity index (χ4v) is 5.67. The first-order chi connectivity index (χ1) is 15.3. The van der Waals surface area contributed by atoms with Crippen molar-refractivity contribution in [2.24, 2.45) is 5.41 Å². The zero-order valence-electron chi connectivity index (χ0n) is 21.6. The highest BCUT2D eigenvalue weighted by atomic mass is 31.2. The van der Waals surface area contributed by atoms with Gasteiger partial charge in [-0.15, -0.1) is 0 Å². The van der Waals surface area contributed by atoms with Gasteiger partial charge in [0.05, 0.1) is 17.7 Å². The first-order valence-corrected chi connectivity index (χ1v) is 15.2. The van der Waals surface area contributed by atoms with Gasteiger partial charge in [0.15, 0.2) is 0 Å². The third-order valence-electron chi connectivity index (χ3n) is 6.94. The summed E-state index contributed by atoms with van der Waals surface area (Å²) in [6.45, 7) is 7.97. The van der Waals surface area contributed by atoms with Gasteiger partial charge in [0.2, 0.25) is 0 Å². The minimum Gasteiger partial charge on any atom is -0.466 e. The van der Waals surface area contributed by atoms with Crippen LogP contribution in [0.5, 0.6) is 0 Å². The molecule has 0 aliphatic rings.